The van der Waals surface area contributed by atoms with E-state index >= 15 is 0 Å². The molecule has 0 aliphatic heterocycles. The van der Waals surface area contributed by atoms with Gasteiger partial charge in [0.15, 0.2) is 5.82 Å². The SMILES string of the molecule is C#Cc1cccnc1N(C)C(=O)c1ccccc1. The molecule has 0 radical (unpaired) electrons. The minimum Gasteiger partial charge on any atom is -0.295 e. The van der Waals surface area contributed by atoms with Crippen molar-refractivity contribution >= 4 is 11.7 Å². The molecule has 88 valence electrons. The van der Waals surface area contributed by atoms with Gasteiger partial charge in [0.05, 0.1) is 5.56 Å². The molecule has 0 saturated carbocycles. The number of nitrogens with zero attached hydrogens (tertiary/aromatic N) is 2. The first-order valence-corrected chi connectivity index (χ1v) is 5.49. The lowest BCUT2D eigenvalue weighted by molar-refractivity contribution is 0.0992. The lowest BCUT2D eigenvalue weighted by atomic mass is 10.2. The van der Waals surface area contributed by atoms with Crippen molar-refractivity contribution in [2.75, 3.05) is 11.9 Å². The van der Waals surface area contributed by atoms with Crippen LogP contribution >= 0.6 is 0 Å². The van der Waals surface area contributed by atoms with Crippen LogP contribution in [0.15, 0.2) is 48.7 Å². The Labute approximate surface area is 106 Å². The quantitative estimate of drug-likeness (QED) is 0.750. The Kier molecular flexibility index (Phi) is 3.40. The highest BCUT2D eigenvalue weighted by atomic mass is 16.2. The van der Waals surface area contributed by atoms with Crippen LogP contribution in [0.1, 0.15) is 15.9 Å². The van der Waals surface area contributed by atoms with Gasteiger partial charge in [-0.25, -0.2) is 4.98 Å². The van der Waals surface area contributed by atoms with E-state index in [2.05, 4.69) is 10.9 Å². The van der Waals surface area contributed by atoms with Crippen LogP contribution in [0.2, 0.25) is 0 Å². The van der Waals surface area contributed by atoms with E-state index in [1.165, 1.54) is 4.90 Å². The molecule has 0 atom stereocenters. The van der Waals surface area contributed by atoms with E-state index in [1.807, 2.05) is 18.2 Å². The van der Waals surface area contributed by atoms with Crippen LogP contribution in [0.25, 0.3) is 0 Å². The molecule has 3 heteroatoms. The fourth-order valence-electron chi connectivity index (χ4n) is 1.65. The van der Waals surface area contributed by atoms with E-state index in [4.69, 9.17) is 6.42 Å². The number of anilines is 1. The molecule has 2 rings (SSSR count). The molecule has 0 bridgehead atoms. The van der Waals surface area contributed by atoms with Crippen molar-refractivity contribution < 1.29 is 4.79 Å². The minimum absolute atomic E-state index is 0.134. The molecule has 0 saturated heterocycles. The molecule has 0 unspecified atom stereocenters. The molecule has 18 heavy (non-hydrogen) atoms. The molecule has 1 aromatic carbocycles. The van der Waals surface area contributed by atoms with Crippen molar-refractivity contribution in [1.29, 1.82) is 0 Å². The summed E-state index contributed by atoms with van der Waals surface area (Å²) < 4.78 is 0. The van der Waals surface area contributed by atoms with Crippen LogP contribution in [0, 0.1) is 12.3 Å². The van der Waals surface area contributed by atoms with Crippen molar-refractivity contribution in [2.45, 2.75) is 0 Å². The van der Waals surface area contributed by atoms with E-state index in [-0.39, 0.29) is 5.91 Å². The smallest absolute Gasteiger partial charge is 0.259 e. The van der Waals surface area contributed by atoms with E-state index in [9.17, 15) is 4.79 Å². The number of carbonyl (C=O) groups excluding carboxylic acids is 1. The zero-order chi connectivity index (χ0) is 13.0. The third kappa shape index (κ3) is 2.23. The number of terminal acetylenes is 1. The summed E-state index contributed by atoms with van der Waals surface area (Å²) in [6, 6.07) is 12.5. The molecular weight excluding hydrogens is 224 g/mol. The standard InChI is InChI=1S/C15H12N2O/c1-3-12-10-7-11-16-14(12)17(2)15(18)13-8-5-4-6-9-13/h1,4-11H,2H3. The Morgan fingerprint density at radius 1 is 1.22 bits per heavy atom. The third-order valence-electron chi connectivity index (χ3n) is 2.59. The van der Waals surface area contributed by atoms with E-state index in [0.29, 0.717) is 16.9 Å². The number of pyridine rings is 1. The zero-order valence-corrected chi connectivity index (χ0v) is 10.00. The van der Waals surface area contributed by atoms with Crippen LogP contribution in [0.5, 0.6) is 0 Å². The lowest BCUT2D eigenvalue weighted by Gasteiger charge is -2.17. The van der Waals surface area contributed by atoms with Gasteiger partial charge in [-0.05, 0) is 24.3 Å². The Hall–Kier alpha value is -2.60. The second-order valence-corrected chi connectivity index (χ2v) is 3.75. The molecule has 1 amide bonds. The van der Waals surface area contributed by atoms with Crippen molar-refractivity contribution in [2.24, 2.45) is 0 Å². The summed E-state index contributed by atoms with van der Waals surface area (Å²) in [6.07, 6.45) is 7.02. The summed E-state index contributed by atoms with van der Waals surface area (Å²) in [5.74, 6) is 2.89. The molecule has 0 aliphatic rings. The van der Waals surface area contributed by atoms with Crippen LogP contribution in [-0.4, -0.2) is 17.9 Å². The number of amides is 1. The first kappa shape index (κ1) is 11.9. The van der Waals surface area contributed by atoms with Gasteiger partial charge < -0.3 is 0 Å². The number of carbonyl (C=O) groups is 1. The maximum atomic E-state index is 12.2. The predicted octanol–water partition coefficient (Wildman–Crippen LogP) is 2.34. The van der Waals surface area contributed by atoms with Gasteiger partial charge in [-0.3, -0.25) is 9.69 Å². The largest absolute Gasteiger partial charge is 0.295 e. The minimum atomic E-state index is -0.134. The first-order valence-electron chi connectivity index (χ1n) is 5.49. The highest BCUT2D eigenvalue weighted by Gasteiger charge is 2.16. The van der Waals surface area contributed by atoms with Crippen molar-refractivity contribution in [3.63, 3.8) is 0 Å². The van der Waals surface area contributed by atoms with E-state index < -0.39 is 0 Å². The number of hydrogen-bond donors (Lipinski definition) is 0. The molecule has 3 nitrogen and oxygen atoms in total. The average molecular weight is 236 g/mol. The molecule has 0 fully saturated rings. The summed E-state index contributed by atoms with van der Waals surface area (Å²) in [6.45, 7) is 0. The zero-order valence-electron chi connectivity index (χ0n) is 10.00. The summed E-state index contributed by atoms with van der Waals surface area (Å²) in [4.78, 5) is 17.9. The van der Waals surface area contributed by atoms with Gasteiger partial charge in [0.25, 0.3) is 5.91 Å². The van der Waals surface area contributed by atoms with Crippen LogP contribution in [0.3, 0.4) is 0 Å². The van der Waals surface area contributed by atoms with Gasteiger partial charge in [-0.1, -0.05) is 24.1 Å². The van der Waals surface area contributed by atoms with E-state index in [1.54, 1.807) is 37.5 Å². The first-order chi connectivity index (χ1) is 8.74. The molecule has 2 aromatic rings. The van der Waals surface area contributed by atoms with Crippen molar-refractivity contribution in [3.05, 3.63) is 59.8 Å². The maximum absolute atomic E-state index is 12.2. The average Bonchev–Trinajstić information content (AvgIpc) is 2.46. The number of rotatable bonds is 2. The van der Waals surface area contributed by atoms with Crippen molar-refractivity contribution in [1.82, 2.24) is 4.98 Å². The fourth-order valence-corrected chi connectivity index (χ4v) is 1.65. The van der Waals surface area contributed by atoms with Gasteiger partial charge in [0.1, 0.15) is 0 Å². The monoisotopic (exact) mass is 236 g/mol. The number of aromatic nitrogens is 1. The molecule has 1 aromatic heterocycles. The fraction of sp³-hybridized carbons (Fsp3) is 0.0667. The van der Waals surface area contributed by atoms with Gasteiger partial charge >= 0.3 is 0 Å². The van der Waals surface area contributed by atoms with Crippen LogP contribution < -0.4 is 4.90 Å². The molecule has 0 aliphatic carbocycles. The van der Waals surface area contributed by atoms with Crippen LogP contribution in [-0.2, 0) is 0 Å². The van der Waals surface area contributed by atoms with Gasteiger partial charge in [0.2, 0.25) is 0 Å². The Morgan fingerprint density at radius 3 is 2.61 bits per heavy atom. The number of benzene rings is 1. The summed E-state index contributed by atoms with van der Waals surface area (Å²) in [5, 5.41) is 0. The normalized spacial score (nSPS) is 9.56. The molecule has 0 N–H and O–H groups in total. The van der Waals surface area contributed by atoms with Gasteiger partial charge in [-0.2, -0.15) is 0 Å². The van der Waals surface area contributed by atoms with Gasteiger partial charge in [0, 0.05) is 18.8 Å². The molecule has 1 heterocycles. The van der Waals surface area contributed by atoms with Crippen LogP contribution in [0.4, 0.5) is 5.82 Å². The van der Waals surface area contributed by atoms with E-state index in [0.717, 1.165) is 0 Å². The Bertz CT molecular complexity index is 599. The molecule has 0 spiro atoms. The predicted molar refractivity (Wildman–Crippen MR) is 71.3 cm³/mol. The topological polar surface area (TPSA) is 33.2 Å². The Morgan fingerprint density at radius 2 is 1.94 bits per heavy atom. The lowest BCUT2D eigenvalue weighted by Crippen LogP contribution is -2.27. The van der Waals surface area contributed by atoms with Crippen molar-refractivity contribution in [3.8, 4) is 12.3 Å². The molecular formula is C15H12N2O. The maximum Gasteiger partial charge on any atom is 0.259 e. The van der Waals surface area contributed by atoms with Gasteiger partial charge in [-0.15, -0.1) is 6.42 Å². The number of hydrogen-bond acceptors (Lipinski definition) is 2. The third-order valence-corrected chi connectivity index (χ3v) is 2.59. The second-order valence-electron chi connectivity index (χ2n) is 3.75. The summed E-state index contributed by atoms with van der Waals surface area (Å²) in [7, 11) is 1.67. The summed E-state index contributed by atoms with van der Waals surface area (Å²) in [5.41, 5.74) is 1.21. The second kappa shape index (κ2) is 5.15. The Balaban J connectivity index is 2.35. The highest BCUT2D eigenvalue weighted by molar-refractivity contribution is 6.05. The summed E-state index contributed by atoms with van der Waals surface area (Å²) >= 11 is 0. The highest BCUT2D eigenvalue weighted by Crippen LogP contribution is 2.16.